The molecule has 3 nitrogen and oxygen atoms in total. The lowest BCUT2D eigenvalue weighted by atomic mass is 10.2. The topological polar surface area (TPSA) is 34.1 Å². The van der Waals surface area contributed by atoms with Crippen LogP contribution < -0.4 is 10.1 Å². The van der Waals surface area contributed by atoms with Crippen molar-refractivity contribution in [3.05, 3.63) is 44.9 Å². The quantitative estimate of drug-likeness (QED) is 0.829. The van der Waals surface area contributed by atoms with E-state index in [0.29, 0.717) is 6.54 Å². The van der Waals surface area contributed by atoms with Gasteiger partial charge in [-0.1, -0.05) is 17.7 Å². The van der Waals surface area contributed by atoms with Crippen LogP contribution in [0.15, 0.2) is 23.7 Å². The molecule has 1 aromatic heterocycles. The van der Waals surface area contributed by atoms with Crippen LogP contribution in [0.5, 0.6) is 5.75 Å². The molecule has 1 heterocycles. The van der Waals surface area contributed by atoms with Gasteiger partial charge in [0.2, 0.25) is 0 Å². The molecule has 0 saturated carbocycles. The van der Waals surface area contributed by atoms with E-state index >= 15 is 0 Å². The maximum absolute atomic E-state index is 6.18. The number of aromatic nitrogens is 1. The normalized spacial score (nSPS) is 10.7. The monoisotopic (exact) mass is 296 g/mol. The highest BCUT2D eigenvalue weighted by atomic mass is 35.5. The summed E-state index contributed by atoms with van der Waals surface area (Å²) in [6, 6.07) is 5.70. The maximum atomic E-state index is 6.18. The second kappa shape index (κ2) is 6.89. The maximum Gasteiger partial charge on any atom is 0.124 e. The number of nitrogens with zero attached hydrogens (tertiary/aromatic N) is 1. The van der Waals surface area contributed by atoms with E-state index in [1.165, 1.54) is 4.88 Å². The van der Waals surface area contributed by atoms with Crippen LogP contribution >= 0.6 is 22.9 Å². The first kappa shape index (κ1) is 14.3. The Bertz CT molecular complexity index is 542. The summed E-state index contributed by atoms with van der Waals surface area (Å²) < 4.78 is 5.32. The van der Waals surface area contributed by atoms with Crippen LogP contribution in [0, 0.1) is 6.92 Å². The standard InChI is InChI=1S/C14H17ClN2OS/c1-10-14(19-9-17-10)6-7-16-8-11-12(15)4-3-5-13(11)18-2/h3-5,9,16H,6-8H2,1-2H3. The number of thiazole rings is 1. The van der Waals surface area contributed by atoms with Crippen LogP contribution in [0.2, 0.25) is 5.02 Å². The minimum atomic E-state index is 0.709. The highest BCUT2D eigenvalue weighted by Gasteiger charge is 2.07. The van der Waals surface area contributed by atoms with E-state index in [4.69, 9.17) is 16.3 Å². The van der Waals surface area contributed by atoms with Crippen molar-refractivity contribution in [1.29, 1.82) is 0 Å². The van der Waals surface area contributed by atoms with Crippen LogP contribution in [0.1, 0.15) is 16.1 Å². The Kier molecular flexibility index (Phi) is 5.19. The van der Waals surface area contributed by atoms with Crippen molar-refractivity contribution in [3.8, 4) is 5.75 Å². The molecule has 0 saturated heterocycles. The third-order valence-corrected chi connectivity index (χ3v) is 4.32. The van der Waals surface area contributed by atoms with Gasteiger partial charge in [-0.05, 0) is 25.5 Å². The Morgan fingerprint density at radius 3 is 2.95 bits per heavy atom. The van der Waals surface area contributed by atoms with Gasteiger partial charge in [0.25, 0.3) is 0 Å². The van der Waals surface area contributed by atoms with Gasteiger partial charge in [0.05, 0.1) is 18.3 Å². The largest absolute Gasteiger partial charge is 0.496 e. The van der Waals surface area contributed by atoms with Gasteiger partial charge in [0.1, 0.15) is 5.75 Å². The van der Waals surface area contributed by atoms with Gasteiger partial charge in [0, 0.05) is 28.6 Å². The lowest BCUT2D eigenvalue weighted by molar-refractivity contribution is 0.408. The van der Waals surface area contributed by atoms with Crippen LogP contribution in [0.25, 0.3) is 0 Å². The predicted octanol–water partition coefficient (Wildman–Crippen LogP) is 3.45. The second-order valence-electron chi connectivity index (χ2n) is 4.21. The third-order valence-electron chi connectivity index (χ3n) is 2.97. The number of nitrogens with one attached hydrogen (secondary N) is 1. The molecule has 1 aromatic carbocycles. The first-order chi connectivity index (χ1) is 9.22. The number of ether oxygens (including phenoxy) is 1. The van der Waals surface area contributed by atoms with Gasteiger partial charge in [-0.3, -0.25) is 0 Å². The zero-order valence-electron chi connectivity index (χ0n) is 11.1. The molecule has 0 atom stereocenters. The zero-order chi connectivity index (χ0) is 13.7. The van der Waals surface area contributed by atoms with Gasteiger partial charge in [0.15, 0.2) is 0 Å². The Labute approximate surface area is 122 Å². The number of hydrogen-bond acceptors (Lipinski definition) is 4. The molecular weight excluding hydrogens is 280 g/mol. The van der Waals surface area contributed by atoms with Crippen LogP contribution in [-0.2, 0) is 13.0 Å². The molecule has 0 radical (unpaired) electrons. The fraction of sp³-hybridized carbons (Fsp3) is 0.357. The Balaban J connectivity index is 1.88. The van der Waals surface area contributed by atoms with Crippen molar-refractivity contribution in [3.63, 3.8) is 0 Å². The van der Waals surface area contributed by atoms with Crippen molar-refractivity contribution in [1.82, 2.24) is 10.3 Å². The molecular formula is C14H17ClN2OS. The predicted molar refractivity (Wildman–Crippen MR) is 80.3 cm³/mol. The fourth-order valence-electron chi connectivity index (χ4n) is 1.88. The summed E-state index contributed by atoms with van der Waals surface area (Å²) in [5.41, 5.74) is 4.02. The van der Waals surface area contributed by atoms with Crippen molar-refractivity contribution >= 4 is 22.9 Å². The molecule has 0 spiro atoms. The molecule has 0 aliphatic heterocycles. The summed E-state index contributed by atoms with van der Waals surface area (Å²) in [6.45, 7) is 3.65. The van der Waals surface area contributed by atoms with Gasteiger partial charge < -0.3 is 10.1 Å². The van der Waals surface area contributed by atoms with E-state index in [2.05, 4.69) is 10.3 Å². The van der Waals surface area contributed by atoms with Gasteiger partial charge in [-0.2, -0.15) is 0 Å². The highest BCUT2D eigenvalue weighted by molar-refractivity contribution is 7.09. The summed E-state index contributed by atoms with van der Waals surface area (Å²) in [4.78, 5) is 5.58. The smallest absolute Gasteiger partial charge is 0.124 e. The molecule has 2 rings (SSSR count). The van der Waals surface area contributed by atoms with E-state index in [1.54, 1.807) is 18.4 Å². The Hall–Kier alpha value is -1.10. The summed E-state index contributed by atoms with van der Waals surface area (Å²) in [5.74, 6) is 0.828. The lowest BCUT2D eigenvalue weighted by Gasteiger charge is -2.11. The molecule has 1 N–H and O–H groups in total. The van der Waals surface area contributed by atoms with E-state index in [9.17, 15) is 0 Å². The number of benzene rings is 1. The van der Waals surface area contributed by atoms with Crippen molar-refractivity contribution in [2.75, 3.05) is 13.7 Å². The third kappa shape index (κ3) is 3.69. The summed E-state index contributed by atoms with van der Waals surface area (Å²) in [5, 5.41) is 4.13. The molecule has 0 unspecified atom stereocenters. The second-order valence-corrected chi connectivity index (χ2v) is 5.55. The van der Waals surface area contributed by atoms with Crippen LogP contribution in [-0.4, -0.2) is 18.6 Å². The Morgan fingerprint density at radius 2 is 2.26 bits per heavy atom. The molecule has 102 valence electrons. The minimum Gasteiger partial charge on any atom is -0.496 e. The molecule has 5 heteroatoms. The van der Waals surface area contributed by atoms with Crippen LogP contribution in [0.4, 0.5) is 0 Å². The first-order valence-corrected chi connectivity index (χ1v) is 7.39. The average Bonchev–Trinajstić information content (AvgIpc) is 2.81. The number of methoxy groups -OCH3 is 1. The average molecular weight is 297 g/mol. The highest BCUT2D eigenvalue weighted by Crippen LogP contribution is 2.25. The van der Waals surface area contributed by atoms with Gasteiger partial charge in [-0.15, -0.1) is 11.3 Å². The molecule has 2 aromatic rings. The van der Waals surface area contributed by atoms with E-state index in [1.807, 2.05) is 30.6 Å². The molecule has 0 aliphatic carbocycles. The van der Waals surface area contributed by atoms with Gasteiger partial charge in [-0.25, -0.2) is 4.98 Å². The number of hydrogen-bond donors (Lipinski definition) is 1. The zero-order valence-corrected chi connectivity index (χ0v) is 12.6. The minimum absolute atomic E-state index is 0.709. The lowest BCUT2D eigenvalue weighted by Crippen LogP contribution is -2.17. The number of aryl methyl sites for hydroxylation is 1. The number of rotatable bonds is 6. The SMILES string of the molecule is COc1cccc(Cl)c1CNCCc1scnc1C. The summed E-state index contributed by atoms with van der Waals surface area (Å²) in [7, 11) is 1.66. The van der Waals surface area contributed by atoms with E-state index in [-0.39, 0.29) is 0 Å². The van der Waals surface area contributed by atoms with Crippen molar-refractivity contribution < 1.29 is 4.74 Å². The number of halogens is 1. The molecule has 0 amide bonds. The molecule has 0 fully saturated rings. The van der Waals surface area contributed by atoms with E-state index in [0.717, 1.165) is 35.0 Å². The molecule has 0 bridgehead atoms. The van der Waals surface area contributed by atoms with Crippen molar-refractivity contribution in [2.45, 2.75) is 19.9 Å². The summed E-state index contributed by atoms with van der Waals surface area (Å²) >= 11 is 7.89. The Morgan fingerprint density at radius 1 is 1.42 bits per heavy atom. The van der Waals surface area contributed by atoms with Crippen LogP contribution in [0.3, 0.4) is 0 Å². The fourth-order valence-corrected chi connectivity index (χ4v) is 2.90. The first-order valence-electron chi connectivity index (χ1n) is 6.13. The van der Waals surface area contributed by atoms with Gasteiger partial charge >= 0.3 is 0 Å². The van der Waals surface area contributed by atoms with Crippen molar-refractivity contribution in [2.24, 2.45) is 0 Å². The molecule has 19 heavy (non-hydrogen) atoms. The summed E-state index contributed by atoms with van der Waals surface area (Å²) in [6.07, 6.45) is 0.989. The van der Waals surface area contributed by atoms with E-state index < -0.39 is 0 Å². The molecule has 0 aliphatic rings.